The van der Waals surface area contributed by atoms with Crippen molar-refractivity contribution in [3.63, 3.8) is 0 Å². The molecule has 0 aromatic rings. The monoisotopic (exact) mass is 1030 g/mol. The highest BCUT2D eigenvalue weighted by Crippen LogP contribution is 2.43. The average molecular weight is 1030 g/mol. The van der Waals surface area contributed by atoms with Crippen LogP contribution < -0.4 is 0 Å². The van der Waals surface area contributed by atoms with Crippen LogP contribution in [0.4, 0.5) is 0 Å². The number of unbranched alkanes of at least 4 members (excludes halogenated alkanes) is 28. The molecule has 9 nitrogen and oxygen atoms in total. The summed E-state index contributed by atoms with van der Waals surface area (Å²) in [6, 6.07) is 0. The highest BCUT2D eigenvalue weighted by molar-refractivity contribution is 7.47. The molecule has 0 spiro atoms. The van der Waals surface area contributed by atoms with E-state index in [1.165, 1.54) is 154 Å². The van der Waals surface area contributed by atoms with Crippen LogP contribution in [-0.4, -0.2) is 74.9 Å². The molecule has 0 saturated heterocycles. The van der Waals surface area contributed by atoms with Gasteiger partial charge in [0.05, 0.1) is 27.7 Å². The zero-order valence-corrected chi connectivity index (χ0v) is 48.3. The van der Waals surface area contributed by atoms with Crippen molar-refractivity contribution in [1.29, 1.82) is 0 Å². The number of rotatable bonds is 54. The van der Waals surface area contributed by atoms with Crippen LogP contribution in [0.3, 0.4) is 0 Å². The van der Waals surface area contributed by atoms with Gasteiger partial charge in [0, 0.05) is 12.8 Å². The molecule has 0 aliphatic carbocycles. The molecule has 0 heterocycles. The minimum Gasteiger partial charge on any atom is -0.462 e. The smallest absolute Gasteiger partial charge is 0.462 e. The number of ether oxygens (including phenoxy) is 2. The summed E-state index contributed by atoms with van der Waals surface area (Å²) in [7, 11) is 1.48. The van der Waals surface area contributed by atoms with Gasteiger partial charge in [-0.05, 0) is 64.2 Å². The number of esters is 2. The van der Waals surface area contributed by atoms with Gasteiger partial charge in [0.15, 0.2) is 6.10 Å². The second-order valence-electron chi connectivity index (χ2n) is 21.0. The van der Waals surface area contributed by atoms with Crippen molar-refractivity contribution >= 4 is 19.8 Å². The number of phosphoric ester groups is 1. The fourth-order valence-corrected chi connectivity index (χ4v) is 8.94. The van der Waals surface area contributed by atoms with Crippen molar-refractivity contribution in [3.8, 4) is 0 Å². The highest BCUT2D eigenvalue weighted by atomic mass is 31.2. The van der Waals surface area contributed by atoms with Gasteiger partial charge in [-0.25, -0.2) is 4.57 Å². The van der Waals surface area contributed by atoms with Crippen molar-refractivity contribution in [3.05, 3.63) is 72.9 Å². The van der Waals surface area contributed by atoms with E-state index >= 15 is 0 Å². The van der Waals surface area contributed by atoms with Gasteiger partial charge in [0.25, 0.3) is 0 Å². The lowest BCUT2D eigenvalue weighted by Crippen LogP contribution is -2.37. The molecule has 0 aromatic heterocycles. The third-order valence-corrected chi connectivity index (χ3v) is 13.7. The van der Waals surface area contributed by atoms with Gasteiger partial charge in [-0.2, -0.15) is 0 Å². The van der Waals surface area contributed by atoms with E-state index in [2.05, 4.69) is 86.8 Å². The zero-order chi connectivity index (χ0) is 52.7. The van der Waals surface area contributed by atoms with E-state index in [1.54, 1.807) is 0 Å². The van der Waals surface area contributed by atoms with E-state index < -0.39 is 26.5 Å². The number of hydrogen-bond donors (Lipinski definition) is 1. The summed E-state index contributed by atoms with van der Waals surface area (Å²) >= 11 is 0. The Balaban J connectivity index is 4.01. The Kier molecular flexibility index (Phi) is 51.4. The second kappa shape index (κ2) is 53.3. The summed E-state index contributed by atoms with van der Waals surface area (Å²) in [5, 5.41) is 0. The van der Waals surface area contributed by atoms with E-state index in [4.69, 9.17) is 18.5 Å². The van der Waals surface area contributed by atoms with E-state index in [1.807, 2.05) is 21.1 Å². The SMILES string of the molecule is CC/C=C\C/C=C\C/C=C\C/C=C\C/C=C\C/C=C\CCCCCCCCCCCCCCCCCCC(=O)OC(COC(=O)CCCCCCCCCCCCCCC)COP(=O)(O)OCC[N+](C)(C)C. The largest absolute Gasteiger partial charge is 0.472 e. The Labute approximate surface area is 444 Å². The topological polar surface area (TPSA) is 108 Å². The van der Waals surface area contributed by atoms with Crippen molar-refractivity contribution in [1.82, 2.24) is 0 Å². The van der Waals surface area contributed by atoms with Crippen LogP contribution in [0.25, 0.3) is 0 Å². The molecular weight excluding hydrogens is 918 g/mol. The molecule has 2 atom stereocenters. The summed E-state index contributed by atoms with van der Waals surface area (Å²) in [6.07, 6.45) is 69.8. The van der Waals surface area contributed by atoms with Crippen LogP contribution >= 0.6 is 7.82 Å². The van der Waals surface area contributed by atoms with Gasteiger partial charge >= 0.3 is 19.8 Å². The molecular formula is C62H113NO8P+. The highest BCUT2D eigenvalue weighted by Gasteiger charge is 2.27. The van der Waals surface area contributed by atoms with Crippen LogP contribution in [0, 0.1) is 0 Å². The number of carbonyl (C=O) groups excluding carboxylic acids is 2. The first kappa shape index (κ1) is 69.5. The van der Waals surface area contributed by atoms with Gasteiger partial charge in [0.2, 0.25) is 0 Å². The molecule has 1 N–H and O–H groups in total. The van der Waals surface area contributed by atoms with Crippen LogP contribution in [0.5, 0.6) is 0 Å². The number of likely N-dealkylation sites (N-methyl/N-ethyl adjacent to an activating group) is 1. The van der Waals surface area contributed by atoms with Crippen molar-refractivity contribution in [2.75, 3.05) is 47.5 Å². The fourth-order valence-electron chi connectivity index (χ4n) is 8.20. The second-order valence-corrected chi connectivity index (χ2v) is 22.5. The van der Waals surface area contributed by atoms with Crippen molar-refractivity contribution in [2.24, 2.45) is 0 Å². The summed E-state index contributed by atoms with van der Waals surface area (Å²) in [5.41, 5.74) is 0. The predicted octanol–water partition coefficient (Wildman–Crippen LogP) is 18.5. The molecule has 0 fully saturated rings. The van der Waals surface area contributed by atoms with Crippen molar-refractivity contribution in [2.45, 2.75) is 264 Å². The summed E-state index contributed by atoms with van der Waals surface area (Å²) < 4.78 is 34.5. The first-order valence-corrected chi connectivity index (χ1v) is 31.2. The van der Waals surface area contributed by atoms with Gasteiger partial charge in [-0.3, -0.25) is 18.6 Å². The third kappa shape index (κ3) is 56.7. The molecule has 72 heavy (non-hydrogen) atoms. The standard InChI is InChI=1S/C62H112NO8P/c1-6-8-10-12-14-16-18-20-21-22-23-24-25-26-27-28-29-30-31-32-33-34-35-36-37-38-39-40-41-43-45-47-49-51-53-55-62(65)71-60(59-70-72(66,67)69-57-56-63(3,4)5)58-68-61(64)54-52-50-48-46-44-42-19-17-15-13-11-9-7-2/h8,10,14,16,20-21,23-24,26-27,29-30,60H,6-7,9,11-13,15,17-19,22,25,28,31-59H2,1-5H3/p+1/b10-8-,16-14-,21-20-,24-23-,27-26-,30-29-. The number of phosphoric acid groups is 1. The van der Waals surface area contributed by atoms with E-state index in [0.717, 1.165) is 70.6 Å². The lowest BCUT2D eigenvalue weighted by atomic mass is 10.0. The quantitative estimate of drug-likeness (QED) is 0.0211. The Morgan fingerprint density at radius 3 is 1.18 bits per heavy atom. The van der Waals surface area contributed by atoms with Crippen LogP contribution in [0.15, 0.2) is 72.9 Å². The molecule has 0 aromatic carbocycles. The van der Waals surface area contributed by atoms with Gasteiger partial charge in [-0.15, -0.1) is 0 Å². The predicted molar refractivity (Wildman–Crippen MR) is 307 cm³/mol. The first-order chi connectivity index (χ1) is 35.0. The maximum absolute atomic E-state index is 12.8. The molecule has 0 radical (unpaired) electrons. The molecule has 0 rings (SSSR count). The maximum Gasteiger partial charge on any atom is 0.472 e. The fraction of sp³-hybridized carbons (Fsp3) is 0.774. The minimum atomic E-state index is -4.38. The number of carbonyl (C=O) groups is 2. The van der Waals surface area contributed by atoms with Crippen LogP contribution in [0.2, 0.25) is 0 Å². The lowest BCUT2D eigenvalue weighted by Gasteiger charge is -2.24. The lowest BCUT2D eigenvalue weighted by molar-refractivity contribution is -0.870. The van der Waals surface area contributed by atoms with Crippen LogP contribution in [0.1, 0.15) is 258 Å². The molecule has 0 bridgehead atoms. The first-order valence-electron chi connectivity index (χ1n) is 29.7. The zero-order valence-electron chi connectivity index (χ0n) is 47.4. The molecule has 418 valence electrons. The summed E-state index contributed by atoms with van der Waals surface area (Å²) in [6.45, 7) is 4.34. The van der Waals surface area contributed by atoms with E-state index in [9.17, 15) is 19.0 Å². The Morgan fingerprint density at radius 2 is 0.792 bits per heavy atom. The average Bonchev–Trinajstić information content (AvgIpc) is 3.34. The van der Waals surface area contributed by atoms with Crippen LogP contribution in [-0.2, 0) is 32.7 Å². The van der Waals surface area contributed by atoms with Gasteiger partial charge in [0.1, 0.15) is 19.8 Å². The normalized spacial score (nSPS) is 13.8. The van der Waals surface area contributed by atoms with Gasteiger partial charge in [-0.1, -0.05) is 254 Å². The molecule has 0 amide bonds. The summed E-state index contributed by atoms with van der Waals surface area (Å²) in [4.78, 5) is 35.6. The maximum atomic E-state index is 12.8. The molecule has 10 heteroatoms. The minimum absolute atomic E-state index is 0.0321. The molecule has 0 aliphatic heterocycles. The number of allylic oxidation sites excluding steroid dienone is 12. The summed E-state index contributed by atoms with van der Waals surface area (Å²) in [5.74, 6) is -0.789. The number of nitrogens with zero attached hydrogens (tertiary/aromatic N) is 1. The van der Waals surface area contributed by atoms with Crippen molar-refractivity contribution < 1.29 is 42.1 Å². The molecule has 2 unspecified atom stereocenters. The Morgan fingerprint density at radius 1 is 0.444 bits per heavy atom. The van der Waals surface area contributed by atoms with E-state index in [0.29, 0.717) is 23.9 Å². The number of quaternary nitrogens is 1. The molecule has 0 saturated carbocycles. The Bertz CT molecular complexity index is 1450. The third-order valence-electron chi connectivity index (χ3n) is 12.8. The number of hydrogen-bond acceptors (Lipinski definition) is 7. The Hall–Kier alpha value is -2.55. The van der Waals surface area contributed by atoms with E-state index in [-0.39, 0.29) is 25.6 Å². The molecule has 0 aliphatic rings. The van der Waals surface area contributed by atoms with Gasteiger partial charge < -0.3 is 18.9 Å².